The minimum absolute atomic E-state index is 0.0399. The molecule has 5 heteroatoms. The Morgan fingerprint density at radius 2 is 1.15 bits per heavy atom. The highest BCUT2D eigenvalue weighted by Crippen LogP contribution is 2.45. The summed E-state index contributed by atoms with van der Waals surface area (Å²) in [6.07, 6.45) is 4.54. The normalized spacial score (nSPS) is 13.4. The van der Waals surface area contributed by atoms with Gasteiger partial charge in [-0.3, -0.25) is 0 Å². The van der Waals surface area contributed by atoms with Crippen molar-refractivity contribution in [2.75, 3.05) is 0 Å². The summed E-state index contributed by atoms with van der Waals surface area (Å²) in [5, 5.41) is 0. The maximum atomic E-state index is 6.05. The molecule has 0 aliphatic carbocycles. The molecule has 0 spiro atoms. The molecule has 80 valence electrons. The molecule has 0 radical (unpaired) electrons. The molecule has 0 N–H and O–H groups in total. The van der Waals surface area contributed by atoms with Crippen LogP contribution in [0, 0.1) is 0 Å². The van der Waals surface area contributed by atoms with E-state index < -0.39 is 0 Å². The lowest BCUT2D eigenvalue weighted by Gasteiger charge is -2.30. The van der Waals surface area contributed by atoms with Crippen molar-refractivity contribution < 1.29 is 4.74 Å². The quantitative estimate of drug-likeness (QED) is 0.272. The first-order valence-corrected chi connectivity index (χ1v) is 8.60. The Labute approximate surface area is 135 Å². The molecule has 0 bridgehead atoms. The van der Waals surface area contributed by atoms with Crippen LogP contribution < -0.4 is 0 Å². The fraction of sp³-hybridized carbons (Fsp3) is 1.00. The summed E-state index contributed by atoms with van der Waals surface area (Å²) >= 11 is 9.58. The Kier molecular flexibility index (Phi) is 8.86. The molecular formula is C8H14I4O. The van der Waals surface area contributed by atoms with Crippen LogP contribution in [0.2, 0.25) is 0 Å². The smallest absolute Gasteiger partial charge is 0.172 e. The summed E-state index contributed by atoms with van der Waals surface area (Å²) in [5.74, 6) is 0. The number of ether oxygens (including phenoxy) is 1. The molecule has 0 aliphatic heterocycles. The summed E-state index contributed by atoms with van der Waals surface area (Å²) in [6.45, 7) is 4.38. The lowest BCUT2D eigenvalue weighted by Crippen LogP contribution is -2.27. The largest absolute Gasteiger partial charge is 0.329 e. The standard InChI is InChI=1S/C8H14I4O/c1-3-5-7(9,10)13-8(11,12)6-4-2/h3-6H2,1-2H3. The van der Waals surface area contributed by atoms with Crippen LogP contribution in [-0.4, -0.2) is 3.23 Å². The second kappa shape index (κ2) is 7.25. The average molecular weight is 634 g/mol. The highest BCUT2D eigenvalue weighted by Gasteiger charge is 2.33. The van der Waals surface area contributed by atoms with Gasteiger partial charge in [0.2, 0.25) is 0 Å². The zero-order valence-electron chi connectivity index (χ0n) is 7.75. The number of hydrogen-bond donors (Lipinski definition) is 0. The molecule has 1 nitrogen and oxygen atoms in total. The Morgan fingerprint density at radius 3 is 1.38 bits per heavy atom. The van der Waals surface area contributed by atoms with Crippen LogP contribution in [0.1, 0.15) is 39.5 Å². The molecule has 0 amide bonds. The second-order valence-electron chi connectivity index (χ2n) is 2.88. The van der Waals surface area contributed by atoms with E-state index in [0.29, 0.717) is 0 Å². The summed E-state index contributed by atoms with van der Waals surface area (Å²) in [7, 11) is 0. The molecule has 0 aromatic heterocycles. The number of alkyl halides is 4. The Balaban J connectivity index is 4.07. The van der Waals surface area contributed by atoms with Crippen LogP contribution in [0.15, 0.2) is 0 Å². The van der Waals surface area contributed by atoms with Crippen molar-refractivity contribution in [2.45, 2.75) is 42.8 Å². The predicted molar refractivity (Wildman–Crippen MR) is 92.4 cm³/mol. The average Bonchev–Trinajstić information content (AvgIpc) is 1.82. The van der Waals surface area contributed by atoms with Crippen molar-refractivity contribution in [3.63, 3.8) is 0 Å². The third kappa shape index (κ3) is 8.66. The summed E-state index contributed by atoms with van der Waals surface area (Å²) in [4.78, 5) is 0. The summed E-state index contributed by atoms with van der Waals surface area (Å²) < 4.78 is 5.97. The van der Waals surface area contributed by atoms with Gasteiger partial charge >= 0.3 is 0 Å². The maximum absolute atomic E-state index is 6.05. The van der Waals surface area contributed by atoms with Crippen molar-refractivity contribution in [3.8, 4) is 0 Å². The minimum Gasteiger partial charge on any atom is -0.329 e. The van der Waals surface area contributed by atoms with Crippen molar-refractivity contribution in [3.05, 3.63) is 0 Å². The van der Waals surface area contributed by atoms with E-state index in [9.17, 15) is 0 Å². The van der Waals surface area contributed by atoms with Crippen molar-refractivity contribution in [1.29, 1.82) is 0 Å². The molecule has 0 aliphatic rings. The molecule has 13 heavy (non-hydrogen) atoms. The topological polar surface area (TPSA) is 9.23 Å². The van der Waals surface area contributed by atoms with E-state index in [-0.39, 0.29) is 3.23 Å². The Morgan fingerprint density at radius 1 is 0.846 bits per heavy atom. The van der Waals surface area contributed by atoms with E-state index in [0.717, 1.165) is 12.8 Å². The Bertz CT molecular complexity index is 131. The van der Waals surface area contributed by atoms with Gasteiger partial charge in [-0.1, -0.05) is 26.7 Å². The zero-order valence-corrected chi connectivity index (χ0v) is 16.4. The summed E-state index contributed by atoms with van der Waals surface area (Å²) in [5.41, 5.74) is 0. The minimum atomic E-state index is -0.0399. The van der Waals surface area contributed by atoms with Gasteiger partial charge in [-0.05, 0) is 103 Å². The van der Waals surface area contributed by atoms with E-state index in [1.165, 1.54) is 12.8 Å². The molecule has 0 saturated carbocycles. The van der Waals surface area contributed by atoms with Crippen LogP contribution >= 0.6 is 90.4 Å². The molecule has 0 heterocycles. The highest BCUT2D eigenvalue weighted by molar-refractivity contribution is 14.2. The van der Waals surface area contributed by atoms with Gasteiger partial charge in [0.05, 0.1) is 0 Å². The lowest BCUT2D eigenvalue weighted by molar-refractivity contribution is 0.0803. The number of rotatable bonds is 6. The van der Waals surface area contributed by atoms with Crippen LogP contribution in [0.25, 0.3) is 0 Å². The van der Waals surface area contributed by atoms with Gasteiger partial charge in [0, 0.05) is 0 Å². The second-order valence-corrected chi connectivity index (χ2v) is 14.0. The van der Waals surface area contributed by atoms with E-state index >= 15 is 0 Å². The monoisotopic (exact) mass is 634 g/mol. The van der Waals surface area contributed by atoms with E-state index in [4.69, 9.17) is 4.74 Å². The van der Waals surface area contributed by atoms with E-state index in [1.54, 1.807) is 0 Å². The van der Waals surface area contributed by atoms with Crippen molar-refractivity contribution in [1.82, 2.24) is 0 Å². The van der Waals surface area contributed by atoms with Crippen LogP contribution in [0.4, 0.5) is 0 Å². The fourth-order valence-electron chi connectivity index (χ4n) is 0.903. The van der Waals surface area contributed by atoms with Gasteiger partial charge in [-0.25, -0.2) is 0 Å². The lowest BCUT2D eigenvalue weighted by atomic mass is 10.3. The molecule has 0 unspecified atom stereocenters. The van der Waals surface area contributed by atoms with Gasteiger partial charge < -0.3 is 4.74 Å². The van der Waals surface area contributed by atoms with Gasteiger partial charge in [0.15, 0.2) is 3.23 Å². The van der Waals surface area contributed by atoms with Crippen LogP contribution in [-0.2, 0) is 4.74 Å². The van der Waals surface area contributed by atoms with Crippen molar-refractivity contribution in [2.24, 2.45) is 0 Å². The number of hydrogen-bond acceptors (Lipinski definition) is 1. The zero-order chi connectivity index (χ0) is 10.5. The highest BCUT2D eigenvalue weighted by atomic mass is 127. The molecule has 0 rings (SSSR count). The summed E-state index contributed by atoms with van der Waals surface area (Å²) in [6, 6.07) is 0. The van der Waals surface area contributed by atoms with E-state index in [1.807, 2.05) is 0 Å². The number of halogens is 4. The first-order chi connectivity index (χ1) is 5.83. The molecule has 0 saturated heterocycles. The molecule has 0 fully saturated rings. The molecule has 0 aromatic carbocycles. The van der Waals surface area contributed by atoms with Crippen LogP contribution in [0.3, 0.4) is 0 Å². The SMILES string of the molecule is CCCC(I)(I)OC(I)(I)CCC. The van der Waals surface area contributed by atoms with Gasteiger partial charge in [-0.2, -0.15) is 0 Å². The van der Waals surface area contributed by atoms with Crippen molar-refractivity contribution >= 4 is 90.4 Å². The molecular weight excluding hydrogens is 620 g/mol. The maximum Gasteiger partial charge on any atom is 0.172 e. The van der Waals surface area contributed by atoms with Crippen LogP contribution in [0.5, 0.6) is 0 Å². The third-order valence-corrected chi connectivity index (χ3v) is 4.42. The van der Waals surface area contributed by atoms with Gasteiger partial charge in [0.1, 0.15) is 0 Å². The molecule has 0 atom stereocenters. The third-order valence-electron chi connectivity index (χ3n) is 1.38. The predicted octanol–water partition coefficient (Wildman–Crippen LogP) is 5.65. The Hall–Kier alpha value is 2.88. The fourth-order valence-corrected chi connectivity index (χ4v) is 6.25. The first-order valence-electron chi connectivity index (χ1n) is 4.29. The van der Waals surface area contributed by atoms with E-state index in [2.05, 4.69) is 104 Å². The van der Waals surface area contributed by atoms with Gasteiger partial charge in [0.25, 0.3) is 0 Å². The van der Waals surface area contributed by atoms with Gasteiger partial charge in [-0.15, -0.1) is 0 Å². The first kappa shape index (κ1) is 15.9. The molecule has 0 aromatic rings.